The Balaban J connectivity index is 0.000000765. The number of rotatable bonds is 19. The fraction of sp³-hybridized carbons (Fsp3) is 0.575. The van der Waals surface area contributed by atoms with Crippen molar-refractivity contribution in [2.45, 2.75) is 145 Å². The van der Waals surface area contributed by atoms with E-state index in [1.54, 1.807) is 25.3 Å². The maximum atomic E-state index is 13.2. The highest BCUT2D eigenvalue weighted by Crippen LogP contribution is 2.26. The molecule has 1 N–H and O–H groups in total. The van der Waals surface area contributed by atoms with Crippen molar-refractivity contribution in [2.24, 2.45) is 5.92 Å². The van der Waals surface area contributed by atoms with E-state index in [-0.39, 0.29) is 17.7 Å². The van der Waals surface area contributed by atoms with E-state index in [1.807, 2.05) is 42.2 Å². The van der Waals surface area contributed by atoms with Crippen LogP contribution in [0.15, 0.2) is 73.1 Å². The number of carbonyl (C=O) groups excluding carboxylic acids is 1. The van der Waals surface area contributed by atoms with Gasteiger partial charge < -0.3 is 10.0 Å². The summed E-state index contributed by atoms with van der Waals surface area (Å²) in [5.41, 5.74) is 3.65. The third kappa shape index (κ3) is 18.8. The molecule has 0 aliphatic rings. The van der Waals surface area contributed by atoms with E-state index in [4.69, 9.17) is 0 Å². The molecule has 1 atom stereocenters. The van der Waals surface area contributed by atoms with Crippen molar-refractivity contribution < 1.29 is 14.3 Å². The average Bonchev–Trinajstić information content (AvgIpc) is 3.02. The molecule has 0 fully saturated rings. The van der Waals surface area contributed by atoms with Crippen LogP contribution in [-0.2, 0) is 11.3 Å². The van der Waals surface area contributed by atoms with Crippen molar-refractivity contribution in [1.29, 1.82) is 0 Å². The number of benzene rings is 2. The van der Waals surface area contributed by atoms with Crippen LogP contribution in [0.5, 0.6) is 0 Å². The minimum atomic E-state index is -0.256. The summed E-state index contributed by atoms with van der Waals surface area (Å²) in [6.07, 6.45) is 19.5. The minimum absolute atomic E-state index is 0.0102. The molecule has 3 nitrogen and oxygen atoms in total. The van der Waals surface area contributed by atoms with E-state index in [0.717, 1.165) is 41.9 Å². The number of carbonyl (C=O) groups is 1. The smallest absolute Gasteiger partial charge is 0.175 e. The second kappa shape index (κ2) is 26.7. The summed E-state index contributed by atoms with van der Waals surface area (Å²) in [4.78, 5) is 13.8. The van der Waals surface area contributed by atoms with Gasteiger partial charge in [0.05, 0.1) is 11.8 Å². The van der Waals surface area contributed by atoms with Crippen LogP contribution in [0.3, 0.4) is 0 Å². The molecule has 2 aromatic rings. The first-order valence-electron chi connectivity index (χ1n) is 17.3. The predicted octanol–water partition coefficient (Wildman–Crippen LogP) is 12.1. The van der Waals surface area contributed by atoms with Crippen LogP contribution < -0.4 is 0 Å². The molecule has 0 amide bonds. The van der Waals surface area contributed by atoms with Gasteiger partial charge in [0.1, 0.15) is 5.82 Å². The summed E-state index contributed by atoms with van der Waals surface area (Å²) in [5, 5.41) is 9.31. The lowest BCUT2D eigenvalue weighted by Gasteiger charge is -2.23. The number of unbranched alkanes of at least 4 members (excludes halogenated alkanes) is 4. The highest BCUT2D eigenvalue weighted by atomic mass is 19.1. The van der Waals surface area contributed by atoms with Gasteiger partial charge in [0.25, 0.3) is 0 Å². The second-order valence-corrected chi connectivity index (χ2v) is 11.9. The molecule has 4 heteroatoms. The number of ketones is 1. The first-order chi connectivity index (χ1) is 21.2. The molecule has 44 heavy (non-hydrogen) atoms. The Morgan fingerprint density at radius 1 is 0.841 bits per heavy atom. The lowest BCUT2D eigenvalue weighted by Crippen LogP contribution is -2.21. The van der Waals surface area contributed by atoms with Crippen LogP contribution in [0, 0.1) is 11.7 Å². The molecule has 2 rings (SSSR count). The SMILES string of the molecule is C=CN(Cc1ccccc1-c1ccc(F)cc1)/C(=C\CC)C(C)=O.CCCCC(O)CCCC.CCCCCC(C)CCC. The first kappa shape index (κ1) is 41.3. The zero-order chi connectivity index (χ0) is 33.2. The molecule has 0 saturated heterocycles. The van der Waals surface area contributed by atoms with Gasteiger partial charge in [-0.05, 0) is 60.2 Å². The summed E-state index contributed by atoms with van der Waals surface area (Å²) in [6, 6.07) is 14.4. The lowest BCUT2D eigenvalue weighted by atomic mass is 9.99. The van der Waals surface area contributed by atoms with Crippen LogP contribution in [0.25, 0.3) is 11.1 Å². The average molecular weight is 610 g/mol. The van der Waals surface area contributed by atoms with Gasteiger partial charge in [0.15, 0.2) is 5.78 Å². The molecular formula is C40H64FNO2. The van der Waals surface area contributed by atoms with Gasteiger partial charge in [-0.3, -0.25) is 4.79 Å². The standard InChI is InChI=1S/C21H22FNO.C10H22.C9H20O/c1-4-8-21(16(3)24)23(5-2)15-18-9-6-7-10-20(18)17-11-13-19(22)14-12-17;1-4-6-7-9-10(3)8-5-2;1-3-5-7-9(10)8-6-4-2/h5-14H,2,4,15H2,1,3H3;10H,4-9H2,1-3H3;9-10H,3-8H2,1-2H3/b21-8-;;. The molecule has 1 unspecified atom stereocenters. The van der Waals surface area contributed by atoms with E-state index < -0.39 is 0 Å². The predicted molar refractivity (Wildman–Crippen MR) is 190 cm³/mol. The summed E-state index contributed by atoms with van der Waals surface area (Å²) in [7, 11) is 0. The van der Waals surface area contributed by atoms with E-state index in [2.05, 4.69) is 41.2 Å². The monoisotopic (exact) mass is 609 g/mol. The summed E-state index contributed by atoms with van der Waals surface area (Å²) in [6.45, 7) is 19.2. The number of hydrogen-bond acceptors (Lipinski definition) is 3. The third-order valence-electron chi connectivity index (χ3n) is 7.67. The molecule has 0 aliphatic heterocycles. The van der Waals surface area contributed by atoms with Gasteiger partial charge in [-0.15, -0.1) is 0 Å². The van der Waals surface area contributed by atoms with Crippen molar-refractivity contribution >= 4 is 5.78 Å². The van der Waals surface area contributed by atoms with E-state index in [1.165, 1.54) is 76.3 Å². The Labute approximate surface area is 270 Å². The Kier molecular flexibility index (Phi) is 25.0. The van der Waals surface area contributed by atoms with Gasteiger partial charge in [0, 0.05) is 13.5 Å². The minimum Gasteiger partial charge on any atom is -0.393 e. The first-order valence-corrected chi connectivity index (χ1v) is 17.3. The number of hydrogen-bond donors (Lipinski definition) is 1. The summed E-state index contributed by atoms with van der Waals surface area (Å²) in [5.74, 6) is 0.723. The number of nitrogens with zero attached hydrogens (tertiary/aromatic N) is 1. The largest absolute Gasteiger partial charge is 0.393 e. The van der Waals surface area contributed by atoms with Gasteiger partial charge in [-0.25, -0.2) is 4.39 Å². The maximum absolute atomic E-state index is 13.2. The maximum Gasteiger partial charge on any atom is 0.175 e. The van der Waals surface area contributed by atoms with Gasteiger partial charge in [-0.2, -0.15) is 0 Å². The molecule has 0 aliphatic carbocycles. The number of halogens is 1. The molecule has 0 aromatic heterocycles. The number of aliphatic hydroxyl groups is 1. The van der Waals surface area contributed by atoms with Crippen LogP contribution in [-0.4, -0.2) is 21.9 Å². The van der Waals surface area contributed by atoms with Gasteiger partial charge in [-0.1, -0.05) is 155 Å². The second-order valence-electron chi connectivity index (χ2n) is 11.9. The zero-order valence-corrected chi connectivity index (χ0v) is 29.2. The topological polar surface area (TPSA) is 40.5 Å². The number of allylic oxidation sites excluding steroid dienone is 2. The van der Waals surface area contributed by atoms with Crippen LogP contribution in [0.2, 0.25) is 0 Å². The number of aliphatic hydroxyl groups excluding tert-OH is 1. The normalized spacial score (nSPS) is 11.6. The van der Waals surface area contributed by atoms with E-state index in [0.29, 0.717) is 12.2 Å². The van der Waals surface area contributed by atoms with Crippen LogP contribution >= 0.6 is 0 Å². The Morgan fingerprint density at radius 2 is 1.43 bits per heavy atom. The lowest BCUT2D eigenvalue weighted by molar-refractivity contribution is -0.114. The zero-order valence-electron chi connectivity index (χ0n) is 29.2. The summed E-state index contributed by atoms with van der Waals surface area (Å²) >= 11 is 0. The Hall–Kier alpha value is -2.72. The molecule has 0 radical (unpaired) electrons. The molecular weight excluding hydrogens is 545 g/mol. The Morgan fingerprint density at radius 3 is 1.93 bits per heavy atom. The van der Waals surface area contributed by atoms with Crippen molar-refractivity contribution in [3.05, 3.63) is 84.5 Å². The molecule has 0 saturated carbocycles. The van der Waals surface area contributed by atoms with Gasteiger partial charge >= 0.3 is 0 Å². The third-order valence-corrected chi connectivity index (χ3v) is 7.67. The highest BCUT2D eigenvalue weighted by Gasteiger charge is 2.14. The van der Waals surface area contributed by atoms with Crippen molar-refractivity contribution in [3.8, 4) is 11.1 Å². The molecule has 2 aromatic carbocycles. The molecule has 0 spiro atoms. The fourth-order valence-corrected chi connectivity index (χ4v) is 5.06. The van der Waals surface area contributed by atoms with Crippen LogP contribution in [0.4, 0.5) is 4.39 Å². The molecule has 248 valence electrons. The van der Waals surface area contributed by atoms with E-state index >= 15 is 0 Å². The van der Waals surface area contributed by atoms with Crippen molar-refractivity contribution in [3.63, 3.8) is 0 Å². The molecule has 0 bridgehead atoms. The van der Waals surface area contributed by atoms with Crippen LogP contribution in [0.1, 0.15) is 138 Å². The van der Waals surface area contributed by atoms with Crippen molar-refractivity contribution in [2.75, 3.05) is 0 Å². The number of Topliss-reactive ketones (excluding diaryl/α,β-unsaturated/α-hetero) is 1. The van der Waals surface area contributed by atoms with Gasteiger partial charge in [0.2, 0.25) is 0 Å². The highest BCUT2D eigenvalue weighted by molar-refractivity contribution is 5.92. The fourth-order valence-electron chi connectivity index (χ4n) is 5.06. The summed E-state index contributed by atoms with van der Waals surface area (Å²) < 4.78 is 13.2. The van der Waals surface area contributed by atoms with Crippen molar-refractivity contribution in [1.82, 2.24) is 4.90 Å². The molecule has 0 heterocycles. The Bertz CT molecular complexity index is 1020. The van der Waals surface area contributed by atoms with E-state index in [9.17, 15) is 14.3 Å². The quantitative estimate of drug-likeness (QED) is 0.127.